The number of benzene rings is 1. The van der Waals surface area contributed by atoms with E-state index < -0.39 is 5.41 Å². The van der Waals surface area contributed by atoms with Gasteiger partial charge in [0.25, 0.3) is 0 Å². The fraction of sp³-hybridized carbons (Fsp3) is 0.467. The molecule has 0 aromatic heterocycles. The van der Waals surface area contributed by atoms with Gasteiger partial charge in [-0.25, -0.2) is 0 Å². The monoisotopic (exact) mass is 277 g/mol. The molecule has 4 N–H and O–H groups in total. The number of rotatable bonds is 6. The standard InChI is InChI=1S/C15H23N3O2/c1-15(2,14(20)17-3)10-18-13(19)9-12(16)11-7-5-4-6-8-11/h4-8,12H,9-10,16H2,1-3H3,(H,17,20)(H,18,19). The third kappa shape index (κ3) is 4.66. The highest BCUT2D eigenvalue weighted by molar-refractivity contribution is 5.83. The normalized spacial score (nSPS) is 12.6. The van der Waals surface area contributed by atoms with Gasteiger partial charge in [-0.3, -0.25) is 9.59 Å². The van der Waals surface area contributed by atoms with Crippen LogP contribution in [0.1, 0.15) is 31.9 Å². The minimum absolute atomic E-state index is 0.106. The lowest BCUT2D eigenvalue weighted by Crippen LogP contribution is -2.44. The van der Waals surface area contributed by atoms with E-state index in [4.69, 9.17) is 5.73 Å². The van der Waals surface area contributed by atoms with Gasteiger partial charge in [0.1, 0.15) is 0 Å². The van der Waals surface area contributed by atoms with E-state index in [1.807, 2.05) is 30.3 Å². The Morgan fingerprint density at radius 1 is 1.25 bits per heavy atom. The third-order valence-corrected chi connectivity index (χ3v) is 3.20. The Morgan fingerprint density at radius 3 is 2.40 bits per heavy atom. The summed E-state index contributed by atoms with van der Waals surface area (Å²) in [6.07, 6.45) is 0.202. The van der Waals surface area contributed by atoms with Crippen LogP contribution in [0.2, 0.25) is 0 Å². The Bertz CT molecular complexity index is 457. The summed E-state index contributed by atoms with van der Waals surface area (Å²) in [5.74, 6) is -0.261. The topological polar surface area (TPSA) is 84.2 Å². The second kappa shape index (κ2) is 7.05. The second-order valence-electron chi connectivity index (χ2n) is 5.46. The van der Waals surface area contributed by atoms with E-state index in [0.717, 1.165) is 5.56 Å². The van der Waals surface area contributed by atoms with E-state index in [9.17, 15) is 9.59 Å². The van der Waals surface area contributed by atoms with Crippen molar-refractivity contribution in [2.45, 2.75) is 26.3 Å². The summed E-state index contributed by atoms with van der Waals surface area (Å²) in [7, 11) is 1.58. The minimum atomic E-state index is -0.638. The van der Waals surface area contributed by atoms with Gasteiger partial charge in [0.2, 0.25) is 11.8 Å². The van der Waals surface area contributed by atoms with Crippen LogP contribution in [0.25, 0.3) is 0 Å². The molecule has 5 nitrogen and oxygen atoms in total. The lowest BCUT2D eigenvalue weighted by molar-refractivity contribution is -0.129. The quantitative estimate of drug-likeness (QED) is 0.724. The van der Waals surface area contributed by atoms with Crippen LogP contribution in [0.4, 0.5) is 0 Å². The summed E-state index contributed by atoms with van der Waals surface area (Å²) in [5, 5.41) is 5.34. The minimum Gasteiger partial charge on any atom is -0.359 e. The summed E-state index contributed by atoms with van der Waals surface area (Å²) in [4.78, 5) is 23.5. The Kier molecular flexibility index (Phi) is 5.70. The zero-order valence-electron chi connectivity index (χ0n) is 12.3. The van der Waals surface area contributed by atoms with Crippen LogP contribution in [0.5, 0.6) is 0 Å². The summed E-state index contributed by atoms with van der Waals surface area (Å²) in [6.45, 7) is 3.85. The predicted octanol–water partition coefficient (Wildman–Crippen LogP) is 0.965. The predicted molar refractivity (Wildman–Crippen MR) is 78.8 cm³/mol. The van der Waals surface area contributed by atoms with Crippen molar-refractivity contribution in [1.82, 2.24) is 10.6 Å². The van der Waals surface area contributed by atoms with E-state index in [1.54, 1.807) is 20.9 Å². The van der Waals surface area contributed by atoms with E-state index >= 15 is 0 Å². The molecule has 20 heavy (non-hydrogen) atoms. The number of amides is 2. The van der Waals surface area contributed by atoms with Gasteiger partial charge in [0, 0.05) is 26.1 Å². The molecule has 110 valence electrons. The van der Waals surface area contributed by atoms with Crippen LogP contribution in [0.3, 0.4) is 0 Å². The second-order valence-corrected chi connectivity index (χ2v) is 5.46. The first-order valence-electron chi connectivity index (χ1n) is 6.66. The maximum Gasteiger partial charge on any atom is 0.227 e. The number of hydrogen-bond donors (Lipinski definition) is 3. The lowest BCUT2D eigenvalue weighted by atomic mass is 9.92. The van der Waals surface area contributed by atoms with Crippen molar-refractivity contribution in [2.24, 2.45) is 11.1 Å². The highest BCUT2D eigenvalue weighted by Crippen LogP contribution is 2.15. The summed E-state index contributed by atoms with van der Waals surface area (Å²) < 4.78 is 0. The molecule has 0 saturated carbocycles. The van der Waals surface area contributed by atoms with E-state index in [0.29, 0.717) is 0 Å². The first-order valence-corrected chi connectivity index (χ1v) is 6.66. The van der Waals surface area contributed by atoms with Crippen LogP contribution < -0.4 is 16.4 Å². The highest BCUT2D eigenvalue weighted by Gasteiger charge is 2.27. The van der Waals surface area contributed by atoms with E-state index in [2.05, 4.69) is 10.6 Å². The molecule has 0 fully saturated rings. The van der Waals surface area contributed by atoms with Crippen molar-refractivity contribution in [3.63, 3.8) is 0 Å². The fourth-order valence-corrected chi connectivity index (χ4v) is 1.83. The largest absolute Gasteiger partial charge is 0.359 e. The Labute approximate surface area is 119 Å². The number of carbonyl (C=O) groups is 2. The molecular formula is C15H23N3O2. The fourth-order valence-electron chi connectivity index (χ4n) is 1.83. The SMILES string of the molecule is CNC(=O)C(C)(C)CNC(=O)CC(N)c1ccccc1. The van der Waals surface area contributed by atoms with Gasteiger partial charge in [-0.15, -0.1) is 0 Å². The third-order valence-electron chi connectivity index (χ3n) is 3.20. The first-order chi connectivity index (χ1) is 9.36. The summed E-state index contributed by atoms with van der Waals surface area (Å²) in [5.41, 5.74) is 6.27. The molecule has 0 aliphatic carbocycles. The highest BCUT2D eigenvalue weighted by atomic mass is 16.2. The molecule has 0 aliphatic rings. The molecule has 2 amide bonds. The number of hydrogen-bond acceptors (Lipinski definition) is 3. The molecule has 0 bridgehead atoms. The average Bonchev–Trinajstić information content (AvgIpc) is 2.45. The first kappa shape index (κ1) is 16.2. The van der Waals surface area contributed by atoms with Gasteiger partial charge in [-0.05, 0) is 19.4 Å². The van der Waals surface area contributed by atoms with Gasteiger partial charge in [0.05, 0.1) is 5.41 Å². The van der Waals surface area contributed by atoms with Crippen LogP contribution in [0.15, 0.2) is 30.3 Å². The molecule has 1 aromatic carbocycles. The van der Waals surface area contributed by atoms with Gasteiger partial charge in [-0.1, -0.05) is 30.3 Å². The zero-order chi connectivity index (χ0) is 15.2. The molecular weight excluding hydrogens is 254 g/mol. The number of carbonyl (C=O) groups excluding carboxylic acids is 2. The summed E-state index contributed by atoms with van der Waals surface area (Å²) >= 11 is 0. The smallest absolute Gasteiger partial charge is 0.227 e. The van der Waals surface area contributed by atoms with Crippen molar-refractivity contribution in [3.05, 3.63) is 35.9 Å². The Hall–Kier alpha value is -1.88. The Morgan fingerprint density at radius 2 is 1.85 bits per heavy atom. The van der Waals surface area contributed by atoms with Crippen LogP contribution in [-0.4, -0.2) is 25.4 Å². The summed E-state index contributed by atoms with van der Waals surface area (Å²) in [6, 6.07) is 9.14. The molecule has 5 heteroatoms. The van der Waals surface area contributed by atoms with Crippen molar-refractivity contribution in [1.29, 1.82) is 0 Å². The van der Waals surface area contributed by atoms with Crippen molar-refractivity contribution in [2.75, 3.05) is 13.6 Å². The zero-order valence-corrected chi connectivity index (χ0v) is 12.3. The molecule has 0 radical (unpaired) electrons. The molecule has 0 spiro atoms. The van der Waals surface area contributed by atoms with Crippen LogP contribution >= 0.6 is 0 Å². The maximum absolute atomic E-state index is 11.9. The molecule has 0 aliphatic heterocycles. The van der Waals surface area contributed by atoms with Gasteiger partial charge < -0.3 is 16.4 Å². The average molecular weight is 277 g/mol. The van der Waals surface area contributed by atoms with Crippen molar-refractivity contribution in [3.8, 4) is 0 Å². The van der Waals surface area contributed by atoms with Gasteiger partial charge in [-0.2, -0.15) is 0 Å². The molecule has 0 heterocycles. The van der Waals surface area contributed by atoms with Gasteiger partial charge >= 0.3 is 0 Å². The molecule has 1 unspecified atom stereocenters. The number of nitrogens with two attached hydrogens (primary N) is 1. The van der Waals surface area contributed by atoms with Crippen molar-refractivity contribution < 1.29 is 9.59 Å². The molecule has 1 aromatic rings. The molecule has 1 rings (SSSR count). The van der Waals surface area contributed by atoms with E-state index in [-0.39, 0.29) is 30.8 Å². The van der Waals surface area contributed by atoms with E-state index in [1.165, 1.54) is 0 Å². The van der Waals surface area contributed by atoms with Crippen LogP contribution in [-0.2, 0) is 9.59 Å². The van der Waals surface area contributed by atoms with Crippen molar-refractivity contribution >= 4 is 11.8 Å². The Balaban J connectivity index is 2.47. The van der Waals surface area contributed by atoms with Crippen LogP contribution in [0, 0.1) is 5.41 Å². The molecule has 0 saturated heterocycles. The lowest BCUT2D eigenvalue weighted by Gasteiger charge is -2.23. The number of nitrogens with one attached hydrogen (secondary N) is 2. The maximum atomic E-state index is 11.9. The van der Waals surface area contributed by atoms with Gasteiger partial charge in [0.15, 0.2) is 0 Å². The molecule has 1 atom stereocenters.